The number of H-pyrrole nitrogens is 1. The lowest BCUT2D eigenvalue weighted by molar-refractivity contribution is 0.0948. The molecule has 0 saturated heterocycles. The lowest BCUT2D eigenvalue weighted by Crippen LogP contribution is -2.24. The Morgan fingerprint density at radius 1 is 1.59 bits per heavy atom. The largest absolute Gasteiger partial charge is 0.361 e. The van der Waals surface area contributed by atoms with Crippen molar-refractivity contribution >= 4 is 5.91 Å². The highest BCUT2D eigenvalue weighted by atomic mass is 16.5. The first-order valence-electron chi connectivity index (χ1n) is 5.43. The summed E-state index contributed by atoms with van der Waals surface area (Å²) in [6.45, 7) is 4.08. The summed E-state index contributed by atoms with van der Waals surface area (Å²) in [5.74, 6) is 0.374. The number of imidazole rings is 1. The van der Waals surface area contributed by atoms with Gasteiger partial charge in [0.2, 0.25) is 0 Å². The number of nitrogens with zero attached hydrogens (tertiary/aromatic N) is 2. The van der Waals surface area contributed by atoms with Crippen LogP contribution < -0.4 is 5.32 Å². The molecule has 6 heteroatoms. The van der Waals surface area contributed by atoms with Crippen molar-refractivity contribution in [3.05, 3.63) is 35.2 Å². The first kappa shape index (κ1) is 11.4. The van der Waals surface area contributed by atoms with Crippen molar-refractivity contribution in [1.29, 1.82) is 0 Å². The molecular weight excluding hydrogens is 220 g/mol. The summed E-state index contributed by atoms with van der Waals surface area (Å²) in [6, 6.07) is 0. The zero-order valence-electron chi connectivity index (χ0n) is 9.78. The molecular formula is C11H14N4O2. The molecule has 0 atom stereocenters. The zero-order chi connectivity index (χ0) is 12.3. The molecule has 0 aliphatic rings. The number of amides is 1. The summed E-state index contributed by atoms with van der Waals surface area (Å²) in [4.78, 5) is 18.7. The highest BCUT2D eigenvalue weighted by Gasteiger charge is 2.18. The number of carbonyl (C=O) groups excluding carboxylic acids is 1. The topological polar surface area (TPSA) is 83.8 Å². The van der Waals surface area contributed by atoms with E-state index in [9.17, 15) is 4.79 Å². The quantitative estimate of drug-likeness (QED) is 0.832. The predicted octanol–water partition coefficient (Wildman–Crippen LogP) is 1.20. The Hall–Kier alpha value is -2.11. The van der Waals surface area contributed by atoms with Crippen LogP contribution in [0.3, 0.4) is 0 Å². The van der Waals surface area contributed by atoms with Gasteiger partial charge < -0.3 is 14.8 Å². The fourth-order valence-electron chi connectivity index (χ4n) is 1.60. The van der Waals surface area contributed by atoms with Gasteiger partial charge in [-0.1, -0.05) is 12.1 Å². The van der Waals surface area contributed by atoms with Crippen molar-refractivity contribution in [2.24, 2.45) is 0 Å². The smallest absolute Gasteiger partial charge is 0.257 e. The van der Waals surface area contributed by atoms with Crippen LogP contribution in [0.5, 0.6) is 0 Å². The zero-order valence-corrected chi connectivity index (χ0v) is 9.78. The number of aromatic amines is 1. The van der Waals surface area contributed by atoms with Crippen LogP contribution in [0, 0.1) is 6.92 Å². The van der Waals surface area contributed by atoms with Crippen molar-refractivity contribution in [2.45, 2.75) is 26.8 Å². The summed E-state index contributed by atoms with van der Waals surface area (Å²) in [5.41, 5.74) is 2.07. The van der Waals surface area contributed by atoms with Crippen LogP contribution in [0.1, 0.15) is 34.4 Å². The fraction of sp³-hybridized carbons (Fsp3) is 0.364. The van der Waals surface area contributed by atoms with Crippen molar-refractivity contribution in [3.63, 3.8) is 0 Å². The number of carbonyl (C=O) groups is 1. The molecule has 90 valence electrons. The van der Waals surface area contributed by atoms with E-state index in [-0.39, 0.29) is 5.91 Å². The Morgan fingerprint density at radius 2 is 2.41 bits per heavy atom. The molecule has 0 radical (unpaired) electrons. The van der Waals surface area contributed by atoms with Gasteiger partial charge in [0.05, 0.1) is 24.3 Å². The molecule has 0 unspecified atom stereocenters. The fourth-order valence-corrected chi connectivity index (χ4v) is 1.60. The van der Waals surface area contributed by atoms with Crippen molar-refractivity contribution in [3.8, 4) is 0 Å². The van der Waals surface area contributed by atoms with E-state index in [1.165, 1.54) is 0 Å². The molecule has 0 aliphatic carbocycles. The third kappa shape index (κ3) is 2.35. The van der Waals surface area contributed by atoms with Gasteiger partial charge in [-0.05, 0) is 13.3 Å². The second kappa shape index (κ2) is 4.82. The number of aryl methyl sites for hydroxylation is 2. The van der Waals surface area contributed by atoms with Crippen LogP contribution in [0.15, 0.2) is 17.0 Å². The average Bonchev–Trinajstić information content (AvgIpc) is 2.94. The highest BCUT2D eigenvalue weighted by molar-refractivity contribution is 5.96. The third-order valence-corrected chi connectivity index (χ3v) is 2.49. The summed E-state index contributed by atoms with van der Waals surface area (Å²) in [6.07, 6.45) is 3.91. The first-order chi connectivity index (χ1) is 8.22. The van der Waals surface area contributed by atoms with E-state index >= 15 is 0 Å². The van der Waals surface area contributed by atoms with Crippen molar-refractivity contribution in [1.82, 2.24) is 20.4 Å². The van der Waals surface area contributed by atoms with Gasteiger partial charge in [-0.15, -0.1) is 0 Å². The van der Waals surface area contributed by atoms with Crippen LogP contribution in [-0.2, 0) is 13.0 Å². The maximum Gasteiger partial charge on any atom is 0.257 e. The van der Waals surface area contributed by atoms with Gasteiger partial charge in [0.1, 0.15) is 11.3 Å². The molecule has 1 amide bonds. The van der Waals surface area contributed by atoms with Gasteiger partial charge in [-0.2, -0.15) is 0 Å². The minimum Gasteiger partial charge on any atom is -0.361 e. The van der Waals surface area contributed by atoms with E-state index in [1.54, 1.807) is 19.4 Å². The van der Waals surface area contributed by atoms with Gasteiger partial charge >= 0.3 is 0 Å². The second-order valence-electron chi connectivity index (χ2n) is 3.67. The lowest BCUT2D eigenvalue weighted by Gasteiger charge is -2.03. The molecule has 17 heavy (non-hydrogen) atoms. The van der Waals surface area contributed by atoms with E-state index in [1.807, 2.05) is 6.92 Å². The van der Waals surface area contributed by atoms with Crippen LogP contribution in [-0.4, -0.2) is 21.0 Å². The molecule has 0 saturated carbocycles. The normalized spacial score (nSPS) is 10.5. The Morgan fingerprint density at radius 3 is 3.06 bits per heavy atom. The summed E-state index contributed by atoms with van der Waals surface area (Å²) >= 11 is 0. The SMILES string of the molecule is CCc1noc(C)c1C(=O)NCc1cnc[nH]1. The third-order valence-electron chi connectivity index (χ3n) is 2.49. The molecule has 0 bridgehead atoms. The molecule has 2 heterocycles. The van der Waals surface area contributed by atoms with Gasteiger partial charge in [-0.3, -0.25) is 4.79 Å². The van der Waals surface area contributed by atoms with Crippen molar-refractivity contribution in [2.75, 3.05) is 0 Å². The van der Waals surface area contributed by atoms with Crippen LogP contribution in [0.25, 0.3) is 0 Å². The standard InChI is InChI=1S/C11H14N4O2/c1-3-9-10(7(2)17-15-9)11(16)13-5-8-4-12-6-14-8/h4,6H,3,5H2,1-2H3,(H,12,14)(H,13,16). The van der Waals surface area contributed by atoms with Gasteiger partial charge in [0.25, 0.3) is 5.91 Å². The maximum absolute atomic E-state index is 12.0. The summed E-state index contributed by atoms with van der Waals surface area (Å²) in [5, 5.41) is 6.64. The minimum atomic E-state index is -0.171. The molecule has 0 aliphatic heterocycles. The number of nitrogens with one attached hydrogen (secondary N) is 2. The summed E-state index contributed by atoms with van der Waals surface area (Å²) in [7, 11) is 0. The number of rotatable bonds is 4. The first-order valence-corrected chi connectivity index (χ1v) is 5.43. The molecule has 0 spiro atoms. The minimum absolute atomic E-state index is 0.171. The molecule has 0 aromatic carbocycles. The highest BCUT2D eigenvalue weighted by Crippen LogP contribution is 2.13. The van der Waals surface area contributed by atoms with E-state index in [0.29, 0.717) is 30.0 Å². The van der Waals surface area contributed by atoms with Gasteiger partial charge in [0, 0.05) is 6.20 Å². The molecule has 2 aromatic heterocycles. The van der Waals surface area contributed by atoms with E-state index < -0.39 is 0 Å². The van der Waals surface area contributed by atoms with E-state index in [4.69, 9.17) is 4.52 Å². The van der Waals surface area contributed by atoms with Crippen molar-refractivity contribution < 1.29 is 9.32 Å². The Balaban J connectivity index is 2.06. The predicted molar refractivity (Wildman–Crippen MR) is 60.4 cm³/mol. The molecule has 2 N–H and O–H groups in total. The maximum atomic E-state index is 12.0. The van der Waals surface area contributed by atoms with Crippen LogP contribution in [0.4, 0.5) is 0 Å². The monoisotopic (exact) mass is 234 g/mol. The van der Waals surface area contributed by atoms with Crippen LogP contribution >= 0.6 is 0 Å². The second-order valence-corrected chi connectivity index (χ2v) is 3.67. The van der Waals surface area contributed by atoms with Crippen LogP contribution in [0.2, 0.25) is 0 Å². The molecule has 2 aromatic rings. The molecule has 6 nitrogen and oxygen atoms in total. The summed E-state index contributed by atoms with van der Waals surface area (Å²) < 4.78 is 5.01. The average molecular weight is 234 g/mol. The molecule has 0 fully saturated rings. The van der Waals surface area contributed by atoms with E-state index in [0.717, 1.165) is 5.69 Å². The Kier molecular flexibility index (Phi) is 3.22. The number of hydrogen-bond acceptors (Lipinski definition) is 4. The van der Waals surface area contributed by atoms with Gasteiger partial charge in [0.15, 0.2) is 0 Å². The lowest BCUT2D eigenvalue weighted by atomic mass is 10.1. The van der Waals surface area contributed by atoms with E-state index in [2.05, 4.69) is 20.4 Å². The van der Waals surface area contributed by atoms with Gasteiger partial charge in [-0.25, -0.2) is 4.98 Å². The number of aromatic nitrogens is 3. The number of hydrogen-bond donors (Lipinski definition) is 2. The Bertz CT molecular complexity index is 502. The molecule has 2 rings (SSSR count). The Labute approximate surface area is 98.4 Å².